The smallest absolute Gasteiger partial charge is 0.263 e. The second-order valence-electron chi connectivity index (χ2n) is 4.60. The number of carbonyl (C=O) groups is 3. The van der Waals surface area contributed by atoms with Crippen LogP contribution in [0.25, 0.3) is 0 Å². The Morgan fingerprint density at radius 1 is 1.11 bits per heavy atom. The third-order valence-corrected chi connectivity index (χ3v) is 4.30. The number of hydrogen-bond donors (Lipinski definition) is 0. The van der Waals surface area contributed by atoms with E-state index in [1.54, 1.807) is 0 Å². The molecule has 0 bridgehead atoms. The molecule has 1 heterocycles. The Morgan fingerprint density at radius 3 is 2.39 bits per heavy atom. The van der Waals surface area contributed by atoms with Gasteiger partial charge in [-0.2, -0.15) is 0 Å². The summed E-state index contributed by atoms with van der Waals surface area (Å²) in [4.78, 5) is 38.1. The Kier molecular flexibility index (Phi) is 4.27. The minimum atomic E-state index is -0.661. The largest absolute Gasteiger partial charge is 0.335 e. The highest BCUT2D eigenvalue weighted by Crippen LogP contribution is 2.27. The van der Waals surface area contributed by atoms with Crippen LogP contribution in [-0.4, -0.2) is 45.3 Å². The van der Waals surface area contributed by atoms with Crippen LogP contribution in [0.2, 0.25) is 0 Å². The van der Waals surface area contributed by atoms with Crippen molar-refractivity contribution >= 4 is 29.6 Å². The van der Waals surface area contributed by atoms with E-state index >= 15 is 0 Å². The van der Waals surface area contributed by atoms with Crippen molar-refractivity contribution in [1.29, 1.82) is 0 Å². The number of urea groups is 1. The molecule has 0 N–H and O–H groups in total. The van der Waals surface area contributed by atoms with E-state index in [0.717, 1.165) is 42.8 Å². The third kappa shape index (κ3) is 2.39. The van der Waals surface area contributed by atoms with Crippen LogP contribution in [0.3, 0.4) is 0 Å². The summed E-state index contributed by atoms with van der Waals surface area (Å²) in [5.74, 6) is -0.201. The summed E-state index contributed by atoms with van der Waals surface area (Å²) in [5.41, 5.74) is 0. The molecule has 0 spiro atoms. The Morgan fingerprint density at radius 2 is 1.78 bits per heavy atom. The molecule has 0 aromatic carbocycles. The molecule has 0 radical (unpaired) electrons. The fourth-order valence-electron chi connectivity index (χ4n) is 2.48. The van der Waals surface area contributed by atoms with E-state index in [1.807, 2.05) is 6.92 Å². The summed E-state index contributed by atoms with van der Waals surface area (Å²) >= 11 is 1.47. The van der Waals surface area contributed by atoms with Gasteiger partial charge < -0.3 is 0 Å². The van der Waals surface area contributed by atoms with Crippen molar-refractivity contribution in [3.8, 4) is 0 Å². The first-order chi connectivity index (χ1) is 8.66. The lowest BCUT2D eigenvalue weighted by Gasteiger charge is -2.28. The summed E-state index contributed by atoms with van der Waals surface area (Å²) in [6.07, 6.45) is 4.87. The lowest BCUT2D eigenvalue weighted by molar-refractivity contribution is -0.143. The van der Waals surface area contributed by atoms with Gasteiger partial charge in [-0.3, -0.25) is 14.5 Å². The highest BCUT2D eigenvalue weighted by atomic mass is 32.2. The number of thioether (sulfide) groups is 1. The highest BCUT2D eigenvalue weighted by molar-refractivity contribution is 7.99. The molecule has 2 rings (SSSR count). The first kappa shape index (κ1) is 13.4. The van der Waals surface area contributed by atoms with Crippen molar-refractivity contribution < 1.29 is 14.4 Å². The van der Waals surface area contributed by atoms with Crippen LogP contribution >= 0.6 is 11.8 Å². The van der Waals surface area contributed by atoms with Crippen LogP contribution in [0.15, 0.2) is 0 Å². The van der Waals surface area contributed by atoms with Gasteiger partial charge in [0.15, 0.2) is 0 Å². The topological polar surface area (TPSA) is 57.7 Å². The molecule has 18 heavy (non-hydrogen) atoms. The maximum atomic E-state index is 12.1. The van der Waals surface area contributed by atoms with Crippen LogP contribution in [0.4, 0.5) is 4.79 Å². The van der Waals surface area contributed by atoms with E-state index in [0.29, 0.717) is 0 Å². The molecular weight excluding hydrogens is 252 g/mol. The molecule has 0 unspecified atom stereocenters. The molecule has 2 fully saturated rings. The SMILES string of the molecule is CCSCN1C(=O)C(=O)N(C2CCCCC2)C1=O. The summed E-state index contributed by atoms with van der Waals surface area (Å²) in [6, 6.07) is -0.489. The zero-order valence-electron chi connectivity index (χ0n) is 10.6. The third-order valence-electron chi connectivity index (χ3n) is 3.45. The average Bonchev–Trinajstić information content (AvgIpc) is 2.60. The zero-order chi connectivity index (χ0) is 13.1. The average molecular weight is 270 g/mol. The predicted octanol–water partition coefficient (Wildman–Crippen LogP) is 1.82. The minimum Gasteiger partial charge on any atom is -0.263 e. The maximum Gasteiger partial charge on any atom is 0.335 e. The van der Waals surface area contributed by atoms with Crippen LogP contribution < -0.4 is 0 Å². The lowest BCUT2D eigenvalue weighted by Crippen LogP contribution is -2.42. The molecule has 1 saturated heterocycles. The van der Waals surface area contributed by atoms with Crippen molar-refractivity contribution in [3.63, 3.8) is 0 Å². The van der Waals surface area contributed by atoms with Gasteiger partial charge in [-0.25, -0.2) is 9.69 Å². The molecule has 2 aliphatic rings. The molecule has 5 nitrogen and oxygen atoms in total. The van der Waals surface area contributed by atoms with Crippen molar-refractivity contribution in [2.24, 2.45) is 0 Å². The molecule has 1 aliphatic carbocycles. The molecule has 0 aromatic rings. The first-order valence-corrected chi connectivity index (χ1v) is 7.59. The van der Waals surface area contributed by atoms with E-state index in [4.69, 9.17) is 0 Å². The van der Waals surface area contributed by atoms with Gasteiger partial charge in [0.05, 0.1) is 5.88 Å². The van der Waals surface area contributed by atoms with Crippen molar-refractivity contribution in [2.45, 2.75) is 45.1 Å². The Bertz CT molecular complexity index is 366. The number of carbonyl (C=O) groups excluding carboxylic acids is 3. The molecule has 0 aromatic heterocycles. The van der Waals surface area contributed by atoms with Gasteiger partial charge in [0.25, 0.3) is 0 Å². The van der Waals surface area contributed by atoms with Gasteiger partial charge in [-0.15, -0.1) is 11.8 Å². The molecule has 4 amide bonds. The number of imide groups is 2. The van der Waals surface area contributed by atoms with Crippen LogP contribution in [-0.2, 0) is 9.59 Å². The van der Waals surface area contributed by atoms with Crippen molar-refractivity contribution in [1.82, 2.24) is 9.80 Å². The van der Waals surface area contributed by atoms with Crippen LogP contribution in [0.5, 0.6) is 0 Å². The van der Waals surface area contributed by atoms with E-state index in [9.17, 15) is 14.4 Å². The Labute approximate surface area is 111 Å². The number of hydrogen-bond acceptors (Lipinski definition) is 4. The summed E-state index contributed by atoms with van der Waals surface area (Å²) in [6.45, 7) is 1.95. The van der Waals surface area contributed by atoms with E-state index in [2.05, 4.69) is 0 Å². The van der Waals surface area contributed by atoms with Gasteiger partial charge >= 0.3 is 17.8 Å². The minimum absolute atomic E-state index is 0.0701. The molecule has 100 valence electrons. The van der Waals surface area contributed by atoms with E-state index < -0.39 is 17.8 Å². The molecule has 6 heteroatoms. The number of rotatable bonds is 4. The standard InChI is InChI=1S/C12H18N2O3S/c1-2-18-8-13-10(15)11(16)14(12(13)17)9-6-4-3-5-7-9/h9H,2-8H2,1H3. The van der Waals surface area contributed by atoms with Gasteiger partial charge in [0.2, 0.25) is 0 Å². The van der Waals surface area contributed by atoms with E-state index in [1.165, 1.54) is 16.7 Å². The van der Waals surface area contributed by atoms with Crippen molar-refractivity contribution in [3.05, 3.63) is 0 Å². The van der Waals surface area contributed by atoms with Gasteiger partial charge in [0.1, 0.15) is 0 Å². The second kappa shape index (κ2) is 5.73. The normalized spacial score (nSPS) is 22.2. The van der Waals surface area contributed by atoms with Gasteiger partial charge in [-0.1, -0.05) is 26.2 Å². The first-order valence-electron chi connectivity index (χ1n) is 6.43. The second-order valence-corrected chi connectivity index (χ2v) is 5.85. The van der Waals surface area contributed by atoms with E-state index in [-0.39, 0.29) is 11.9 Å². The fourth-order valence-corrected chi connectivity index (χ4v) is 3.07. The Hall–Kier alpha value is -1.04. The molecule has 1 aliphatic heterocycles. The summed E-state index contributed by atoms with van der Waals surface area (Å²) < 4.78 is 0. The van der Waals surface area contributed by atoms with Crippen LogP contribution in [0, 0.1) is 0 Å². The van der Waals surface area contributed by atoms with Gasteiger partial charge in [0, 0.05) is 6.04 Å². The van der Waals surface area contributed by atoms with Crippen molar-refractivity contribution in [2.75, 3.05) is 11.6 Å². The zero-order valence-corrected chi connectivity index (χ0v) is 11.4. The monoisotopic (exact) mass is 270 g/mol. The molecule has 0 atom stereocenters. The summed E-state index contributed by atoms with van der Waals surface area (Å²) in [7, 11) is 0. The maximum absolute atomic E-state index is 12.1. The number of amides is 4. The number of nitrogens with zero attached hydrogens (tertiary/aromatic N) is 2. The van der Waals surface area contributed by atoms with Gasteiger partial charge in [-0.05, 0) is 18.6 Å². The Balaban J connectivity index is 2.09. The highest BCUT2D eigenvalue weighted by Gasteiger charge is 2.47. The molecule has 1 saturated carbocycles. The summed E-state index contributed by atoms with van der Waals surface area (Å²) in [5, 5.41) is 0. The lowest BCUT2D eigenvalue weighted by atomic mass is 9.94. The fraction of sp³-hybridized carbons (Fsp3) is 0.750. The van der Waals surface area contributed by atoms with Crippen LogP contribution in [0.1, 0.15) is 39.0 Å². The molecular formula is C12H18N2O3S. The quantitative estimate of drug-likeness (QED) is 0.577. The predicted molar refractivity (Wildman–Crippen MR) is 69.0 cm³/mol.